The van der Waals surface area contributed by atoms with E-state index in [9.17, 15) is 0 Å². The number of fused-ring (bicyclic) bond motifs is 1. The minimum atomic E-state index is 0.348. The number of hydrogen-bond donors (Lipinski definition) is 1. The average Bonchev–Trinajstić information content (AvgIpc) is 2.69. The Morgan fingerprint density at radius 2 is 1.77 bits per heavy atom. The fraction of sp³-hybridized carbons (Fsp3) is 0.182. The molecule has 4 rings (SSSR count). The predicted molar refractivity (Wildman–Crippen MR) is 108 cm³/mol. The third kappa shape index (κ3) is 3.59. The Labute approximate surface area is 154 Å². The molecule has 0 amide bonds. The van der Waals surface area contributed by atoms with Gasteiger partial charge in [0.25, 0.3) is 0 Å². The van der Waals surface area contributed by atoms with Gasteiger partial charge in [-0.05, 0) is 31.0 Å². The smallest absolute Gasteiger partial charge is 0.229 e. The van der Waals surface area contributed by atoms with Crippen LogP contribution in [0.2, 0.25) is 0 Å². The summed E-state index contributed by atoms with van der Waals surface area (Å²) in [4.78, 5) is 11.6. The van der Waals surface area contributed by atoms with Crippen LogP contribution in [0.3, 0.4) is 0 Å². The van der Waals surface area contributed by atoms with Crippen molar-refractivity contribution in [2.24, 2.45) is 0 Å². The van der Waals surface area contributed by atoms with Gasteiger partial charge in [0.05, 0.1) is 0 Å². The number of nitrogens with zero attached hydrogens (tertiary/aromatic N) is 3. The molecule has 2 heterocycles. The van der Waals surface area contributed by atoms with Crippen molar-refractivity contribution in [1.29, 1.82) is 0 Å². The molecule has 4 nitrogen and oxygen atoms in total. The van der Waals surface area contributed by atoms with Crippen LogP contribution in [0.4, 0.5) is 17.5 Å². The molecule has 1 unspecified atom stereocenters. The van der Waals surface area contributed by atoms with Crippen LogP contribution in [0.25, 0.3) is 6.08 Å². The molecule has 130 valence electrons. The Balaban J connectivity index is 1.58. The minimum Gasteiger partial charge on any atom is -0.349 e. The molecule has 0 saturated carbocycles. The normalized spacial score (nSPS) is 14.0. The van der Waals surface area contributed by atoms with Gasteiger partial charge in [0.15, 0.2) is 0 Å². The summed E-state index contributed by atoms with van der Waals surface area (Å²) in [5.41, 5.74) is 3.39. The molecule has 2 aromatic carbocycles. The van der Waals surface area contributed by atoms with Crippen molar-refractivity contribution in [1.82, 2.24) is 9.97 Å². The summed E-state index contributed by atoms with van der Waals surface area (Å²) in [6, 6.07) is 21.0. The maximum absolute atomic E-state index is 4.81. The molecule has 0 spiro atoms. The monoisotopic (exact) mass is 342 g/mol. The van der Waals surface area contributed by atoms with E-state index in [-0.39, 0.29) is 0 Å². The predicted octanol–water partition coefficient (Wildman–Crippen LogP) is 4.68. The molecule has 0 fully saturated rings. The Morgan fingerprint density at radius 3 is 2.54 bits per heavy atom. The highest BCUT2D eigenvalue weighted by Crippen LogP contribution is 2.27. The van der Waals surface area contributed by atoms with E-state index in [2.05, 4.69) is 64.6 Å². The summed E-state index contributed by atoms with van der Waals surface area (Å²) in [5, 5.41) is 3.29. The lowest BCUT2D eigenvalue weighted by Gasteiger charge is -2.32. The van der Waals surface area contributed by atoms with Crippen LogP contribution in [0.5, 0.6) is 0 Å². The topological polar surface area (TPSA) is 41.1 Å². The standard InChI is InChI=1S/C22H22N4/c1-17(15-18-9-4-2-5-10-18)26-14-8-11-19-16-23-22(25-21(19)26)24-20-12-6-3-7-13-20/h2-13,16-17H,14-15H2,1H3,(H,23,24,25). The molecule has 3 aromatic rings. The number of rotatable bonds is 5. The van der Waals surface area contributed by atoms with Gasteiger partial charge in [-0.15, -0.1) is 0 Å². The van der Waals surface area contributed by atoms with Crippen LogP contribution in [-0.2, 0) is 6.42 Å². The highest BCUT2D eigenvalue weighted by Gasteiger charge is 2.21. The van der Waals surface area contributed by atoms with E-state index in [1.165, 1.54) is 5.56 Å². The maximum atomic E-state index is 4.81. The Bertz CT molecular complexity index is 891. The maximum Gasteiger partial charge on any atom is 0.229 e. The highest BCUT2D eigenvalue weighted by molar-refractivity contribution is 5.69. The highest BCUT2D eigenvalue weighted by atomic mass is 15.2. The Morgan fingerprint density at radius 1 is 1.04 bits per heavy atom. The van der Waals surface area contributed by atoms with Crippen LogP contribution < -0.4 is 10.2 Å². The van der Waals surface area contributed by atoms with Gasteiger partial charge in [0.2, 0.25) is 5.95 Å². The lowest BCUT2D eigenvalue weighted by Crippen LogP contribution is -2.37. The van der Waals surface area contributed by atoms with Gasteiger partial charge >= 0.3 is 0 Å². The number of hydrogen-bond acceptors (Lipinski definition) is 4. The molecule has 1 aliphatic rings. The summed E-state index contributed by atoms with van der Waals surface area (Å²) >= 11 is 0. The lowest BCUT2D eigenvalue weighted by molar-refractivity contribution is 0.648. The second-order valence-electron chi connectivity index (χ2n) is 6.56. The summed E-state index contributed by atoms with van der Waals surface area (Å²) in [6.07, 6.45) is 7.16. The van der Waals surface area contributed by atoms with Gasteiger partial charge < -0.3 is 10.2 Å². The van der Waals surface area contributed by atoms with Crippen LogP contribution in [0, 0.1) is 0 Å². The van der Waals surface area contributed by atoms with E-state index in [0.29, 0.717) is 12.0 Å². The zero-order valence-corrected chi connectivity index (χ0v) is 14.8. The Hall–Kier alpha value is -3.14. The summed E-state index contributed by atoms with van der Waals surface area (Å²) in [6.45, 7) is 3.12. The average molecular weight is 342 g/mol. The molecule has 26 heavy (non-hydrogen) atoms. The third-order valence-corrected chi connectivity index (χ3v) is 4.60. The number of nitrogens with one attached hydrogen (secondary N) is 1. The van der Waals surface area contributed by atoms with Gasteiger partial charge in [-0.3, -0.25) is 0 Å². The van der Waals surface area contributed by atoms with E-state index in [0.717, 1.165) is 30.0 Å². The molecule has 0 saturated heterocycles. The summed E-state index contributed by atoms with van der Waals surface area (Å²) < 4.78 is 0. The molecule has 4 heteroatoms. The largest absolute Gasteiger partial charge is 0.349 e. The van der Waals surface area contributed by atoms with Crippen molar-refractivity contribution in [3.63, 3.8) is 0 Å². The molecule has 0 bridgehead atoms. The fourth-order valence-electron chi connectivity index (χ4n) is 3.27. The SMILES string of the molecule is CC(Cc1ccccc1)N1CC=Cc2cnc(Nc3ccccc3)nc21. The second-order valence-corrected chi connectivity index (χ2v) is 6.56. The number of aromatic nitrogens is 2. The summed E-state index contributed by atoms with van der Waals surface area (Å²) in [7, 11) is 0. The minimum absolute atomic E-state index is 0.348. The molecule has 0 radical (unpaired) electrons. The molecule has 1 aliphatic heterocycles. The zero-order chi connectivity index (χ0) is 17.8. The first kappa shape index (κ1) is 16.3. The fourth-order valence-corrected chi connectivity index (χ4v) is 3.27. The van der Waals surface area contributed by atoms with Crippen LogP contribution in [0.1, 0.15) is 18.1 Å². The first-order valence-electron chi connectivity index (χ1n) is 8.96. The number of benzene rings is 2. The van der Waals surface area contributed by atoms with Crippen molar-refractivity contribution in [3.8, 4) is 0 Å². The molecular weight excluding hydrogens is 320 g/mol. The summed E-state index contributed by atoms with van der Waals surface area (Å²) in [5.74, 6) is 1.62. The van der Waals surface area contributed by atoms with Gasteiger partial charge in [-0.1, -0.05) is 60.7 Å². The molecule has 1 N–H and O–H groups in total. The van der Waals surface area contributed by atoms with Gasteiger partial charge in [-0.2, -0.15) is 4.98 Å². The van der Waals surface area contributed by atoms with Crippen molar-refractivity contribution >= 4 is 23.5 Å². The van der Waals surface area contributed by atoms with Crippen molar-refractivity contribution in [2.75, 3.05) is 16.8 Å². The Kier molecular flexibility index (Phi) is 4.65. The molecule has 1 aromatic heterocycles. The van der Waals surface area contributed by atoms with Crippen LogP contribution in [-0.4, -0.2) is 22.6 Å². The molecule has 1 atom stereocenters. The third-order valence-electron chi connectivity index (χ3n) is 4.60. The van der Waals surface area contributed by atoms with Gasteiger partial charge in [-0.25, -0.2) is 4.98 Å². The van der Waals surface area contributed by atoms with E-state index in [1.807, 2.05) is 36.5 Å². The number of anilines is 3. The van der Waals surface area contributed by atoms with E-state index in [4.69, 9.17) is 4.98 Å². The second kappa shape index (κ2) is 7.40. The molecular formula is C22H22N4. The first-order chi connectivity index (χ1) is 12.8. The van der Waals surface area contributed by atoms with E-state index in [1.54, 1.807) is 0 Å². The van der Waals surface area contributed by atoms with Crippen molar-refractivity contribution in [2.45, 2.75) is 19.4 Å². The van der Waals surface area contributed by atoms with E-state index >= 15 is 0 Å². The van der Waals surface area contributed by atoms with Crippen LogP contribution in [0.15, 0.2) is 72.9 Å². The van der Waals surface area contributed by atoms with Crippen LogP contribution >= 0.6 is 0 Å². The van der Waals surface area contributed by atoms with Crippen molar-refractivity contribution in [3.05, 3.63) is 84.1 Å². The molecule has 0 aliphatic carbocycles. The lowest BCUT2D eigenvalue weighted by atomic mass is 10.0. The van der Waals surface area contributed by atoms with Crippen molar-refractivity contribution < 1.29 is 0 Å². The quantitative estimate of drug-likeness (QED) is 0.731. The van der Waals surface area contributed by atoms with Gasteiger partial charge in [0, 0.05) is 30.0 Å². The number of para-hydroxylation sites is 1. The van der Waals surface area contributed by atoms with E-state index < -0.39 is 0 Å². The first-order valence-corrected chi connectivity index (χ1v) is 8.96. The van der Waals surface area contributed by atoms with Gasteiger partial charge in [0.1, 0.15) is 5.82 Å². The zero-order valence-electron chi connectivity index (χ0n) is 14.8.